The van der Waals surface area contributed by atoms with Crippen molar-refractivity contribution in [2.75, 3.05) is 13.1 Å². The fraction of sp³-hybridized carbons (Fsp3) is 0.562. The minimum absolute atomic E-state index is 0.104. The van der Waals surface area contributed by atoms with E-state index < -0.39 is 0 Å². The van der Waals surface area contributed by atoms with Crippen LogP contribution in [0.3, 0.4) is 0 Å². The average molecular weight is 260 g/mol. The zero-order valence-electron chi connectivity index (χ0n) is 11.7. The van der Waals surface area contributed by atoms with Gasteiger partial charge in [-0.2, -0.15) is 0 Å². The lowest BCUT2D eigenvalue weighted by Crippen LogP contribution is -2.42. The highest BCUT2D eigenvalue weighted by Crippen LogP contribution is 2.42. The van der Waals surface area contributed by atoms with Crippen LogP contribution in [0.15, 0.2) is 24.3 Å². The van der Waals surface area contributed by atoms with Crippen LogP contribution in [0.4, 0.5) is 0 Å². The maximum atomic E-state index is 11.9. The molecule has 0 aromatic heterocycles. The molecule has 2 rings (SSSR count). The third-order valence-electron chi connectivity index (χ3n) is 4.36. The third-order valence-corrected chi connectivity index (χ3v) is 4.36. The minimum atomic E-state index is 0.104. The van der Waals surface area contributed by atoms with Gasteiger partial charge < -0.3 is 11.1 Å². The van der Waals surface area contributed by atoms with E-state index in [2.05, 4.69) is 24.4 Å². The van der Waals surface area contributed by atoms with Gasteiger partial charge in [0.1, 0.15) is 0 Å². The fourth-order valence-corrected chi connectivity index (χ4v) is 2.76. The van der Waals surface area contributed by atoms with Crippen molar-refractivity contribution in [3.8, 4) is 0 Å². The molecule has 1 aliphatic rings. The number of carbonyl (C=O) groups is 1. The van der Waals surface area contributed by atoms with Crippen LogP contribution < -0.4 is 11.1 Å². The van der Waals surface area contributed by atoms with Gasteiger partial charge in [0.15, 0.2) is 0 Å². The first-order valence-electron chi connectivity index (χ1n) is 7.16. The van der Waals surface area contributed by atoms with E-state index >= 15 is 0 Å². The van der Waals surface area contributed by atoms with Gasteiger partial charge in [-0.3, -0.25) is 4.79 Å². The van der Waals surface area contributed by atoms with Crippen LogP contribution in [0.5, 0.6) is 0 Å². The molecule has 1 aromatic carbocycles. The molecule has 104 valence electrons. The van der Waals surface area contributed by atoms with Crippen molar-refractivity contribution in [2.45, 2.75) is 39.0 Å². The summed E-state index contributed by atoms with van der Waals surface area (Å²) in [5.74, 6) is 0.152. The lowest BCUT2D eigenvalue weighted by atomic mass is 9.66. The second kappa shape index (κ2) is 6.20. The SMILES string of the molecule is Cc1ccccc1CCNC(=O)CC1(CN)CCC1. The Morgan fingerprint density at radius 2 is 2.11 bits per heavy atom. The molecule has 19 heavy (non-hydrogen) atoms. The third kappa shape index (κ3) is 3.57. The van der Waals surface area contributed by atoms with Crippen LogP contribution in [-0.4, -0.2) is 19.0 Å². The first-order valence-corrected chi connectivity index (χ1v) is 7.16. The Bertz CT molecular complexity index is 433. The fourth-order valence-electron chi connectivity index (χ4n) is 2.76. The van der Waals surface area contributed by atoms with Crippen LogP contribution in [0, 0.1) is 12.3 Å². The Morgan fingerprint density at radius 1 is 1.37 bits per heavy atom. The van der Waals surface area contributed by atoms with Crippen LogP contribution in [0.1, 0.15) is 36.8 Å². The molecular weight excluding hydrogens is 236 g/mol. The van der Waals surface area contributed by atoms with E-state index in [9.17, 15) is 4.79 Å². The molecule has 3 nitrogen and oxygen atoms in total. The molecular formula is C16H24N2O. The summed E-state index contributed by atoms with van der Waals surface area (Å²) in [4.78, 5) is 11.9. The van der Waals surface area contributed by atoms with Gasteiger partial charge in [0.2, 0.25) is 5.91 Å². The summed E-state index contributed by atoms with van der Waals surface area (Å²) in [5.41, 5.74) is 8.47. The molecule has 3 heteroatoms. The number of nitrogens with one attached hydrogen (secondary N) is 1. The predicted octanol–water partition coefficient (Wildman–Crippen LogP) is 2.17. The number of aryl methyl sites for hydroxylation is 1. The van der Waals surface area contributed by atoms with Gasteiger partial charge in [0, 0.05) is 13.0 Å². The zero-order valence-corrected chi connectivity index (χ0v) is 11.7. The second-order valence-corrected chi connectivity index (χ2v) is 5.76. The van der Waals surface area contributed by atoms with Crippen LogP contribution in [0.2, 0.25) is 0 Å². The Balaban J connectivity index is 1.74. The Kier molecular flexibility index (Phi) is 4.59. The van der Waals surface area contributed by atoms with E-state index in [1.54, 1.807) is 0 Å². The van der Waals surface area contributed by atoms with E-state index in [0.29, 0.717) is 19.5 Å². The largest absolute Gasteiger partial charge is 0.356 e. The first kappa shape index (κ1) is 14.1. The molecule has 1 aliphatic carbocycles. The van der Waals surface area contributed by atoms with E-state index in [1.165, 1.54) is 17.5 Å². The molecule has 3 N–H and O–H groups in total. The molecule has 0 radical (unpaired) electrons. The second-order valence-electron chi connectivity index (χ2n) is 5.76. The average Bonchev–Trinajstić information content (AvgIpc) is 2.36. The molecule has 0 unspecified atom stereocenters. The number of hydrogen-bond donors (Lipinski definition) is 2. The van der Waals surface area contributed by atoms with Gasteiger partial charge in [-0.15, -0.1) is 0 Å². The lowest BCUT2D eigenvalue weighted by Gasteiger charge is -2.40. The van der Waals surface area contributed by atoms with Gasteiger partial charge in [-0.1, -0.05) is 30.7 Å². The summed E-state index contributed by atoms with van der Waals surface area (Å²) in [7, 11) is 0. The topological polar surface area (TPSA) is 55.1 Å². The monoisotopic (exact) mass is 260 g/mol. The summed E-state index contributed by atoms with van der Waals surface area (Å²) in [6.07, 6.45) is 4.92. The summed E-state index contributed by atoms with van der Waals surface area (Å²) in [6, 6.07) is 8.31. The molecule has 1 amide bonds. The van der Waals surface area contributed by atoms with Gasteiger partial charge in [0.05, 0.1) is 0 Å². The van der Waals surface area contributed by atoms with Gasteiger partial charge in [-0.05, 0) is 49.3 Å². The van der Waals surface area contributed by atoms with E-state index in [0.717, 1.165) is 19.3 Å². The molecule has 0 bridgehead atoms. The Labute approximate surface area is 115 Å². The Morgan fingerprint density at radius 3 is 2.68 bits per heavy atom. The van der Waals surface area contributed by atoms with Crippen molar-refractivity contribution in [3.63, 3.8) is 0 Å². The molecule has 1 fully saturated rings. The van der Waals surface area contributed by atoms with Crippen LogP contribution >= 0.6 is 0 Å². The van der Waals surface area contributed by atoms with Gasteiger partial charge >= 0.3 is 0 Å². The summed E-state index contributed by atoms with van der Waals surface area (Å²) < 4.78 is 0. The van der Waals surface area contributed by atoms with Crippen molar-refractivity contribution < 1.29 is 4.79 Å². The quantitative estimate of drug-likeness (QED) is 0.823. The number of amides is 1. The van der Waals surface area contributed by atoms with E-state index in [4.69, 9.17) is 5.73 Å². The summed E-state index contributed by atoms with van der Waals surface area (Å²) >= 11 is 0. The van der Waals surface area contributed by atoms with E-state index in [1.807, 2.05) is 12.1 Å². The minimum Gasteiger partial charge on any atom is -0.356 e. The molecule has 0 saturated heterocycles. The number of rotatable bonds is 6. The van der Waals surface area contributed by atoms with Crippen LogP contribution in [-0.2, 0) is 11.2 Å². The Hall–Kier alpha value is -1.35. The van der Waals surface area contributed by atoms with Gasteiger partial charge in [0.25, 0.3) is 0 Å². The van der Waals surface area contributed by atoms with Crippen molar-refractivity contribution in [1.29, 1.82) is 0 Å². The van der Waals surface area contributed by atoms with Crippen molar-refractivity contribution in [2.24, 2.45) is 11.1 Å². The van der Waals surface area contributed by atoms with Crippen molar-refractivity contribution in [1.82, 2.24) is 5.32 Å². The smallest absolute Gasteiger partial charge is 0.220 e. The standard InChI is InChI=1S/C16H24N2O/c1-13-5-2-3-6-14(13)7-10-18-15(19)11-16(12-17)8-4-9-16/h2-3,5-6H,4,7-12,17H2,1H3,(H,18,19). The van der Waals surface area contributed by atoms with E-state index in [-0.39, 0.29) is 11.3 Å². The molecule has 0 spiro atoms. The predicted molar refractivity (Wildman–Crippen MR) is 77.8 cm³/mol. The molecule has 0 heterocycles. The highest BCUT2D eigenvalue weighted by atomic mass is 16.1. The molecule has 1 aromatic rings. The summed E-state index contributed by atoms with van der Waals surface area (Å²) in [6.45, 7) is 3.46. The number of carbonyl (C=O) groups excluding carboxylic acids is 1. The first-order chi connectivity index (χ1) is 9.15. The van der Waals surface area contributed by atoms with Crippen LogP contribution in [0.25, 0.3) is 0 Å². The molecule has 1 saturated carbocycles. The van der Waals surface area contributed by atoms with Crippen molar-refractivity contribution in [3.05, 3.63) is 35.4 Å². The zero-order chi connectivity index (χ0) is 13.7. The normalized spacial score (nSPS) is 16.7. The number of benzene rings is 1. The lowest BCUT2D eigenvalue weighted by molar-refractivity contribution is -0.124. The van der Waals surface area contributed by atoms with Crippen molar-refractivity contribution >= 4 is 5.91 Å². The maximum Gasteiger partial charge on any atom is 0.220 e. The highest BCUT2D eigenvalue weighted by molar-refractivity contribution is 5.76. The molecule has 0 aliphatic heterocycles. The maximum absolute atomic E-state index is 11.9. The highest BCUT2D eigenvalue weighted by Gasteiger charge is 2.37. The number of hydrogen-bond acceptors (Lipinski definition) is 2. The summed E-state index contributed by atoms with van der Waals surface area (Å²) in [5, 5.41) is 3.02. The molecule has 0 atom stereocenters. The van der Waals surface area contributed by atoms with Gasteiger partial charge in [-0.25, -0.2) is 0 Å². The number of nitrogens with two attached hydrogens (primary N) is 1.